The van der Waals surface area contributed by atoms with Gasteiger partial charge < -0.3 is 10.1 Å². The molecule has 114 valence electrons. The van der Waals surface area contributed by atoms with E-state index >= 15 is 0 Å². The van der Waals surface area contributed by atoms with Crippen LogP contribution in [-0.4, -0.2) is 30.7 Å². The summed E-state index contributed by atoms with van der Waals surface area (Å²) in [4.78, 5) is 0. The molecular formula is C16H26BrNOS. The van der Waals surface area contributed by atoms with E-state index in [0.29, 0.717) is 11.3 Å². The Morgan fingerprint density at radius 1 is 1.35 bits per heavy atom. The molecule has 2 nitrogen and oxygen atoms in total. The molecule has 1 unspecified atom stereocenters. The SMILES string of the molecule is CCCNC(CSC(C)C)Cc1cc(OC)ccc1Br. The van der Waals surface area contributed by atoms with Gasteiger partial charge in [0, 0.05) is 16.3 Å². The van der Waals surface area contributed by atoms with Gasteiger partial charge in [-0.15, -0.1) is 0 Å². The quantitative estimate of drug-likeness (QED) is 0.700. The molecule has 1 aromatic carbocycles. The average molecular weight is 360 g/mol. The first kappa shape index (κ1) is 17.9. The van der Waals surface area contributed by atoms with Crippen molar-refractivity contribution in [2.75, 3.05) is 19.4 Å². The third-order valence-corrected chi connectivity index (χ3v) is 5.07. The van der Waals surface area contributed by atoms with Crippen LogP contribution in [0.4, 0.5) is 0 Å². The second-order valence-electron chi connectivity index (χ2n) is 5.19. The van der Waals surface area contributed by atoms with E-state index in [1.165, 1.54) is 12.0 Å². The predicted octanol–water partition coefficient (Wildman–Crippen LogP) is 4.51. The first-order chi connectivity index (χ1) is 9.56. The largest absolute Gasteiger partial charge is 0.497 e. The second-order valence-corrected chi connectivity index (χ2v) is 7.66. The van der Waals surface area contributed by atoms with Gasteiger partial charge in [-0.3, -0.25) is 0 Å². The van der Waals surface area contributed by atoms with Crippen LogP contribution >= 0.6 is 27.7 Å². The van der Waals surface area contributed by atoms with Crippen LogP contribution in [0.5, 0.6) is 5.75 Å². The minimum Gasteiger partial charge on any atom is -0.497 e. The van der Waals surface area contributed by atoms with Gasteiger partial charge in [-0.2, -0.15) is 11.8 Å². The minimum atomic E-state index is 0.505. The van der Waals surface area contributed by atoms with Gasteiger partial charge in [0.05, 0.1) is 7.11 Å². The lowest BCUT2D eigenvalue weighted by molar-refractivity contribution is 0.413. The lowest BCUT2D eigenvalue weighted by Crippen LogP contribution is -2.34. The molecule has 0 spiro atoms. The lowest BCUT2D eigenvalue weighted by atomic mass is 10.1. The van der Waals surface area contributed by atoms with Crippen molar-refractivity contribution in [3.63, 3.8) is 0 Å². The maximum atomic E-state index is 5.32. The van der Waals surface area contributed by atoms with Crippen LogP contribution in [0.25, 0.3) is 0 Å². The molecule has 0 heterocycles. The molecule has 0 fully saturated rings. The summed E-state index contributed by atoms with van der Waals surface area (Å²) in [6, 6.07) is 6.70. The smallest absolute Gasteiger partial charge is 0.119 e. The van der Waals surface area contributed by atoms with Crippen LogP contribution < -0.4 is 10.1 Å². The summed E-state index contributed by atoms with van der Waals surface area (Å²) in [7, 11) is 1.72. The number of rotatable bonds is 9. The van der Waals surface area contributed by atoms with Crippen molar-refractivity contribution in [1.82, 2.24) is 5.32 Å². The normalized spacial score (nSPS) is 12.7. The molecule has 0 saturated heterocycles. The summed E-state index contributed by atoms with van der Waals surface area (Å²) in [6.45, 7) is 7.79. The number of ether oxygens (including phenoxy) is 1. The molecule has 1 atom stereocenters. The van der Waals surface area contributed by atoms with Crippen molar-refractivity contribution >= 4 is 27.7 Å². The molecule has 0 aromatic heterocycles. The van der Waals surface area contributed by atoms with Crippen molar-refractivity contribution in [1.29, 1.82) is 0 Å². The first-order valence-electron chi connectivity index (χ1n) is 7.24. The average Bonchev–Trinajstić information content (AvgIpc) is 2.43. The Morgan fingerprint density at radius 3 is 2.70 bits per heavy atom. The fourth-order valence-electron chi connectivity index (χ4n) is 1.95. The lowest BCUT2D eigenvalue weighted by Gasteiger charge is -2.20. The van der Waals surface area contributed by atoms with Crippen molar-refractivity contribution in [3.05, 3.63) is 28.2 Å². The van der Waals surface area contributed by atoms with Crippen LogP contribution in [-0.2, 0) is 6.42 Å². The number of benzene rings is 1. The molecule has 20 heavy (non-hydrogen) atoms. The zero-order valence-corrected chi connectivity index (χ0v) is 15.3. The van der Waals surface area contributed by atoms with Crippen molar-refractivity contribution < 1.29 is 4.74 Å². The van der Waals surface area contributed by atoms with E-state index in [-0.39, 0.29) is 0 Å². The molecule has 1 N–H and O–H groups in total. The molecule has 0 aliphatic rings. The Morgan fingerprint density at radius 2 is 2.10 bits per heavy atom. The molecule has 1 aromatic rings. The minimum absolute atomic E-state index is 0.505. The summed E-state index contributed by atoms with van der Waals surface area (Å²) in [6.07, 6.45) is 2.19. The van der Waals surface area contributed by atoms with E-state index in [0.717, 1.165) is 28.9 Å². The number of halogens is 1. The molecule has 1 rings (SSSR count). The summed E-state index contributed by atoms with van der Waals surface area (Å²) in [5.41, 5.74) is 1.31. The number of methoxy groups -OCH3 is 1. The summed E-state index contributed by atoms with van der Waals surface area (Å²) in [5, 5.41) is 4.33. The first-order valence-corrected chi connectivity index (χ1v) is 9.08. The van der Waals surface area contributed by atoms with Crippen LogP contribution in [0, 0.1) is 0 Å². The van der Waals surface area contributed by atoms with Crippen molar-refractivity contribution in [2.24, 2.45) is 0 Å². The van der Waals surface area contributed by atoms with Gasteiger partial charge in [0.25, 0.3) is 0 Å². The van der Waals surface area contributed by atoms with Gasteiger partial charge in [-0.1, -0.05) is 36.7 Å². The summed E-state index contributed by atoms with van der Waals surface area (Å²) < 4.78 is 6.49. The van der Waals surface area contributed by atoms with Crippen LogP contribution in [0.3, 0.4) is 0 Å². The third kappa shape index (κ3) is 6.51. The van der Waals surface area contributed by atoms with Crippen LogP contribution in [0.2, 0.25) is 0 Å². The third-order valence-electron chi connectivity index (χ3n) is 3.03. The van der Waals surface area contributed by atoms with E-state index < -0.39 is 0 Å². The molecule has 0 aliphatic carbocycles. The molecule has 0 radical (unpaired) electrons. The van der Waals surface area contributed by atoms with Gasteiger partial charge >= 0.3 is 0 Å². The van der Waals surface area contributed by atoms with E-state index in [4.69, 9.17) is 4.74 Å². The highest BCUT2D eigenvalue weighted by Gasteiger charge is 2.13. The summed E-state index contributed by atoms with van der Waals surface area (Å²) in [5.74, 6) is 2.07. The van der Waals surface area contributed by atoms with E-state index in [2.05, 4.69) is 54.2 Å². The number of nitrogens with one attached hydrogen (secondary N) is 1. The fraction of sp³-hybridized carbons (Fsp3) is 0.625. The molecule has 0 bridgehead atoms. The van der Waals surface area contributed by atoms with E-state index in [9.17, 15) is 0 Å². The molecule has 4 heteroatoms. The van der Waals surface area contributed by atoms with Crippen LogP contribution in [0.15, 0.2) is 22.7 Å². The van der Waals surface area contributed by atoms with Gasteiger partial charge in [-0.05, 0) is 48.4 Å². The van der Waals surface area contributed by atoms with Gasteiger partial charge in [0.2, 0.25) is 0 Å². The van der Waals surface area contributed by atoms with Gasteiger partial charge in [0.1, 0.15) is 5.75 Å². The van der Waals surface area contributed by atoms with Gasteiger partial charge in [0.15, 0.2) is 0 Å². The fourth-order valence-corrected chi connectivity index (χ4v) is 3.21. The Hall–Kier alpha value is -0.190. The molecular weight excluding hydrogens is 334 g/mol. The maximum Gasteiger partial charge on any atom is 0.119 e. The topological polar surface area (TPSA) is 21.3 Å². The molecule has 0 amide bonds. The van der Waals surface area contributed by atoms with E-state index in [1.807, 2.05) is 17.8 Å². The van der Waals surface area contributed by atoms with E-state index in [1.54, 1.807) is 7.11 Å². The monoisotopic (exact) mass is 359 g/mol. The maximum absolute atomic E-state index is 5.32. The molecule has 0 saturated carbocycles. The number of hydrogen-bond acceptors (Lipinski definition) is 3. The Balaban J connectivity index is 2.71. The second kappa shape index (κ2) is 9.69. The highest BCUT2D eigenvalue weighted by molar-refractivity contribution is 9.10. The number of hydrogen-bond donors (Lipinski definition) is 1. The zero-order valence-electron chi connectivity index (χ0n) is 12.9. The van der Waals surface area contributed by atoms with Crippen molar-refractivity contribution in [2.45, 2.75) is 44.9 Å². The highest BCUT2D eigenvalue weighted by Crippen LogP contribution is 2.24. The standard InChI is InChI=1S/C16H26BrNOS/c1-5-8-18-14(11-20-12(2)3)9-13-10-15(19-4)6-7-16(13)17/h6-7,10,12,14,18H,5,8-9,11H2,1-4H3. The molecule has 0 aliphatic heterocycles. The number of thioether (sulfide) groups is 1. The van der Waals surface area contributed by atoms with Gasteiger partial charge in [-0.25, -0.2) is 0 Å². The van der Waals surface area contributed by atoms with Crippen molar-refractivity contribution in [3.8, 4) is 5.75 Å². The predicted molar refractivity (Wildman–Crippen MR) is 94.1 cm³/mol. The highest BCUT2D eigenvalue weighted by atomic mass is 79.9. The zero-order chi connectivity index (χ0) is 15.0. The summed E-state index contributed by atoms with van der Waals surface area (Å²) >= 11 is 5.66. The Bertz CT molecular complexity index is 398. The van der Waals surface area contributed by atoms with Crippen LogP contribution in [0.1, 0.15) is 32.8 Å². The Labute approximate surface area is 136 Å². The Kier molecular flexibility index (Phi) is 8.66.